The van der Waals surface area contributed by atoms with E-state index >= 15 is 0 Å². The fourth-order valence-electron chi connectivity index (χ4n) is 4.02. The molecule has 0 saturated carbocycles. The molecule has 0 aliphatic rings. The molecular formula is C31H33F2N3O4. The molecule has 0 fully saturated rings. The van der Waals surface area contributed by atoms with Crippen LogP contribution in [0.5, 0.6) is 11.5 Å². The summed E-state index contributed by atoms with van der Waals surface area (Å²) in [5, 5.41) is 18.2. The Morgan fingerprint density at radius 2 is 1.65 bits per heavy atom. The highest BCUT2D eigenvalue weighted by molar-refractivity contribution is 5.92. The maximum atomic E-state index is 14.7. The van der Waals surface area contributed by atoms with Crippen LogP contribution in [0.3, 0.4) is 0 Å². The number of hydrogen-bond donors (Lipinski definition) is 3. The zero-order valence-corrected chi connectivity index (χ0v) is 22.1. The number of alkyl halides is 2. The van der Waals surface area contributed by atoms with Gasteiger partial charge in [-0.3, -0.25) is 0 Å². The fourth-order valence-corrected chi connectivity index (χ4v) is 4.02. The minimum absolute atomic E-state index is 0.0576. The number of nitrogen functional groups attached to an aromatic ring is 2. The molecule has 5 N–H and O–H groups in total. The molecule has 0 aliphatic heterocycles. The third-order valence-electron chi connectivity index (χ3n) is 6.20. The molecule has 0 amide bonds. The van der Waals surface area contributed by atoms with E-state index < -0.39 is 12.1 Å². The predicted octanol–water partition coefficient (Wildman–Crippen LogP) is 6.93. The molecule has 0 saturated heterocycles. The number of carboxylic acids is 1. The first-order valence-electron chi connectivity index (χ1n) is 13.0. The number of carboxylic acid groups (broad SMARTS) is 1. The van der Waals surface area contributed by atoms with Crippen molar-refractivity contribution in [3.05, 3.63) is 89.0 Å². The quantitative estimate of drug-likeness (QED) is 0.106. The Morgan fingerprint density at radius 1 is 0.950 bits per heavy atom. The Morgan fingerprint density at radius 3 is 2.30 bits per heavy atom. The van der Waals surface area contributed by atoms with Gasteiger partial charge in [0.15, 0.2) is 0 Å². The number of nitrogens with zero attached hydrogens (tertiary/aromatic N) is 1. The average Bonchev–Trinajstić information content (AvgIpc) is 2.92. The molecule has 0 aromatic heterocycles. The summed E-state index contributed by atoms with van der Waals surface area (Å²) >= 11 is 0. The number of benzene rings is 3. The van der Waals surface area contributed by atoms with Crippen LogP contribution < -0.4 is 20.9 Å². The van der Waals surface area contributed by atoms with Gasteiger partial charge in [-0.25, -0.2) is 4.79 Å². The second kappa shape index (κ2) is 14.5. The predicted molar refractivity (Wildman–Crippen MR) is 151 cm³/mol. The Hall–Kier alpha value is -4.58. The van der Waals surface area contributed by atoms with Crippen LogP contribution in [0.2, 0.25) is 0 Å². The van der Waals surface area contributed by atoms with E-state index in [2.05, 4.69) is 0 Å². The Labute approximate surface area is 232 Å². The molecule has 0 unspecified atom stereocenters. The Kier molecular flexibility index (Phi) is 10.9. The molecule has 0 aliphatic carbocycles. The number of anilines is 2. The van der Waals surface area contributed by atoms with Crippen molar-refractivity contribution < 1.29 is 28.2 Å². The topological polar surface area (TPSA) is 132 Å². The van der Waals surface area contributed by atoms with Crippen molar-refractivity contribution in [2.75, 3.05) is 18.1 Å². The van der Waals surface area contributed by atoms with Gasteiger partial charge in [-0.05, 0) is 97.8 Å². The number of nitrogens with two attached hydrogens (primary N) is 2. The molecule has 40 heavy (non-hydrogen) atoms. The van der Waals surface area contributed by atoms with Crippen LogP contribution in [0.15, 0.2) is 72.3 Å². The van der Waals surface area contributed by atoms with Crippen LogP contribution >= 0.6 is 0 Å². The van der Waals surface area contributed by atoms with Crippen molar-refractivity contribution in [2.45, 2.75) is 51.1 Å². The molecule has 3 rings (SSSR count). The molecule has 3 aromatic rings. The first-order valence-corrected chi connectivity index (χ1v) is 13.0. The Balaban J connectivity index is 1.52. The smallest absolute Gasteiger partial charge is 0.426 e. The second-order valence-corrected chi connectivity index (χ2v) is 9.32. The first-order chi connectivity index (χ1) is 19.2. The summed E-state index contributed by atoms with van der Waals surface area (Å²) in [6.07, 6.45) is 2.40. The minimum atomic E-state index is -3.58. The zero-order valence-electron chi connectivity index (χ0n) is 22.1. The summed E-state index contributed by atoms with van der Waals surface area (Å²) in [5.74, 6) is -0.653. The number of ether oxygens (including phenoxy) is 2. The highest BCUT2D eigenvalue weighted by Gasteiger charge is 2.34. The number of carbonyl (C=O) groups is 1. The lowest BCUT2D eigenvalue weighted by molar-refractivity contribution is -0.185. The molecule has 0 heterocycles. The van der Waals surface area contributed by atoms with Gasteiger partial charge in [-0.1, -0.05) is 24.6 Å². The number of hydrogen-bond acceptors (Lipinski definition) is 6. The molecule has 0 radical (unpaired) electrons. The molecule has 0 bridgehead atoms. The number of halogens is 2. The van der Waals surface area contributed by atoms with Gasteiger partial charge in [0.25, 0.3) is 0 Å². The van der Waals surface area contributed by atoms with E-state index in [1.807, 2.05) is 18.2 Å². The molecular weight excluding hydrogens is 516 g/mol. The zero-order chi connectivity index (χ0) is 29.0. The average molecular weight is 550 g/mol. The standard InChI is InChI=1S/C31H33F2N3O4/c32-31(33,25-11-16-27(17-12-25)39-19-5-4-18-34)40-28-14-8-22(9-15-28)20-24(30(37)38)7-3-1-2-6-23-10-13-26(35)21-29(23)36/h8-17,20-21H,1-7,19,35-36H2,(H,37,38). The van der Waals surface area contributed by atoms with Gasteiger partial charge in [0, 0.05) is 23.4 Å². The molecule has 7 nitrogen and oxygen atoms in total. The van der Waals surface area contributed by atoms with Crippen LogP contribution in [0.4, 0.5) is 20.2 Å². The Bertz CT molecular complexity index is 1330. The van der Waals surface area contributed by atoms with E-state index in [0.29, 0.717) is 55.0 Å². The van der Waals surface area contributed by atoms with Gasteiger partial charge >= 0.3 is 12.1 Å². The summed E-state index contributed by atoms with van der Waals surface area (Å²) in [7, 11) is 0. The lowest BCUT2D eigenvalue weighted by atomic mass is 10.0. The third-order valence-corrected chi connectivity index (χ3v) is 6.20. The maximum absolute atomic E-state index is 14.7. The number of nitriles is 1. The summed E-state index contributed by atoms with van der Waals surface area (Å²) in [6, 6.07) is 18.6. The van der Waals surface area contributed by atoms with E-state index in [1.54, 1.807) is 6.07 Å². The third kappa shape index (κ3) is 9.31. The van der Waals surface area contributed by atoms with Gasteiger partial charge in [0.05, 0.1) is 18.2 Å². The van der Waals surface area contributed by atoms with Crippen LogP contribution in [0, 0.1) is 11.3 Å². The van der Waals surface area contributed by atoms with Crippen molar-refractivity contribution in [3.8, 4) is 17.6 Å². The first kappa shape index (κ1) is 30.0. The van der Waals surface area contributed by atoms with E-state index in [-0.39, 0.29) is 16.9 Å². The lowest BCUT2D eigenvalue weighted by Crippen LogP contribution is -2.21. The highest BCUT2D eigenvalue weighted by Crippen LogP contribution is 2.33. The summed E-state index contributed by atoms with van der Waals surface area (Å²) in [4.78, 5) is 11.7. The molecule has 210 valence electrons. The second-order valence-electron chi connectivity index (χ2n) is 9.32. The van der Waals surface area contributed by atoms with E-state index in [0.717, 1.165) is 24.8 Å². The van der Waals surface area contributed by atoms with Crippen LogP contribution in [0.25, 0.3) is 6.08 Å². The van der Waals surface area contributed by atoms with E-state index in [9.17, 15) is 18.7 Å². The van der Waals surface area contributed by atoms with Crippen LogP contribution in [0.1, 0.15) is 55.2 Å². The summed E-state index contributed by atoms with van der Waals surface area (Å²) in [6.45, 7) is 0.324. The minimum Gasteiger partial charge on any atom is -0.494 e. The number of rotatable bonds is 15. The van der Waals surface area contributed by atoms with Crippen LogP contribution in [-0.2, 0) is 17.3 Å². The molecule has 0 spiro atoms. The fraction of sp³-hybridized carbons (Fsp3) is 0.290. The van der Waals surface area contributed by atoms with Gasteiger partial charge in [0.1, 0.15) is 11.5 Å². The van der Waals surface area contributed by atoms with Crippen molar-refractivity contribution in [2.24, 2.45) is 0 Å². The molecule has 0 atom stereocenters. The normalized spacial score (nSPS) is 11.6. The monoisotopic (exact) mass is 549 g/mol. The van der Waals surface area contributed by atoms with Gasteiger partial charge in [0.2, 0.25) is 0 Å². The number of aliphatic carboxylic acids is 1. The largest absolute Gasteiger partial charge is 0.494 e. The summed E-state index contributed by atoms with van der Waals surface area (Å²) < 4.78 is 39.7. The SMILES string of the molecule is N#CCCCOc1ccc(C(F)(F)Oc2ccc(C=C(CCCCCc3ccc(N)cc3N)C(=O)O)cc2)cc1. The van der Waals surface area contributed by atoms with E-state index in [1.165, 1.54) is 54.6 Å². The van der Waals surface area contributed by atoms with E-state index in [4.69, 9.17) is 26.2 Å². The highest BCUT2D eigenvalue weighted by atomic mass is 19.3. The van der Waals surface area contributed by atoms with Crippen molar-refractivity contribution >= 4 is 23.4 Å². The number of aryl methyl sites for hydroxylation is 1. The van der Waals surface area contributed by atoms with Gasteiger partial charge in [-0.2, -0.15) is 14.0 Å². The van der Waals surface area contributed by atoms with Crippen LogP contribution in [-0.4, -0.2) is 17.7 Å². The van der Waals surface area contributed by atoms with Crippen molar-refractivity contribution in [3.63, 3.8) is 0 Å². The van der Waals surface area contributed by atoms with Gasteiger partial charge in [-0.15, -0.1) is 0 Å². The molecule has 9 heteroatoms. The van der Waals surface area contributed by atoms with Crippen molar-refractivity contribution in [1.82, 2.24) is 0 Å². The van der Waals surface area contributed by atoms with Crippen molar-refractivity contribution in [1.29, 1.82) is 5.26 Å². The maximum Gasteiger partial charge on any atom is 0.426 e. The molecule has 3 aromatic carbocycles. The summed E-state index contributed by atoms with van der Waals surface area (Å²) in [5.41, 5.74) is 14.5. The number of unbranched alkanes of at least 4 members (excludes halogenated alkanes) is 3. The lowest BCUT2D eigenvalue weighted by Gasteiger charge is -2.18. The van der Waals surface area contributed by atoms with Gasteiger partial charge < -0.3 is 26.0 Å².